The normalized spacial score (nSPS) is 15.1. The Morgan fingerprint density at radius 1 is 1.22 bits per heavy atom. The lowest BCUT2D eigenvalue weighted by atomic mass is 9.96. The Kier molecular flexibility index (Phi) is 5.69. The average Bonchev–Trinajstić information content (AvgIpc) is 3.47. The van der Waals surface area contributed by atoms with Gasteiger partial charge in [0, 0.05) is 34.4 Å². The van der Waals surface area contributed by atoms with Gasteiger partial charge in [0.2, 0.25) is 5.89 Å². The Morgan fingerprint density at radius 2 is 2.00 bits per heavy atom. The van der Waals surface area contributed by atoms with E-state index in [2.05, 4.69) is 15.2 Å². The SMILES string of the molecule is Cc1noc(C2CCN(C(=O)c3cc4c(C)nn(Cc5ccc(Cl)cc5Cl)c4s3)CC2)n1. The van der Waals surface area contributed by atoms with Gasteiger partial charge >= 0.3 is 0 Å². The molecular formula is C22H21Cl2N5O2S. The fourth-order valence-electron chi connectivity index (χ4n) is 4.10. The predicted molar refractivity (Wildman–Crippen MR) is 125 cm³/mol. The van der Waals surface area contributed by atoms with E-state index in [-0.39, 0.29) is 11.8 Å². The zero-order valence-electron chi connectivity index (χ0n) is 17.6. The van der Waals surface area contributed by atoms with Gasteiger partial charge in [0.15, 0.2) is 5.82 Å². The zero-order valence-corrected chi connectivity index (χ0v) is 20.0. The van der Waals surface area contributed by atoms with Gasteiger partial charge in [0.1, 0.15) is 4.83 Å². The summed E-state index contributed by atoms with van der Waals surface area (Å²) < 4.78 is 7.22. The van der Waals surface area contributed by atoms with Crippen LogP contribution in [-0.4, -0.2) is 43.8 Å². The van der Waals surface area contributed by atoms with Gasteiger partial charge in [-0.05, 0) is 50.5 Å². The van der Waals surface area contributed by atoms with Crippen LogP contribution in [0.4, 0.5) is 0 Å². The molecule has 10 heteroatoms. The van der Waals surface area contributed by atoms with Gasteiger partial charge in [-0.2, -0.15) is 10.1 Å². The van der Waals surface area contributed by atoms with Crippen molar-refractivity contribution < 1.29 is 9.32 Å². The molecule has 1 aromatic carbocycles. The van der Waals surface area contributed by atoms with Crippen molar-refractivity contribution in [3.63, 3.8) is 0 Å². The molecule has 0 radical (unpaired) electrons. The Morgan fingerprint density at radius 3 is 2.69 bits per heavy atom. The van der Waals surface area contributed by atoms with E-state index in [1.807, 2.05) is 41.6 Å². The van der Waals surface area contributed by atoms with Crippen LogP contribution in [0.2, 0.25) is 10.0 Å². The molecule has 4 heterocycles. The van der Waals surface area contributed by atoms with Crippen molar-refractivity contribution in [3.8, 4) is 0 Å². The predicted octanol–water partition coefficient (Wildman–Crippen LogP) is 5.47. The maximum Gasteiger partial charge on any atom is 0.264 e. The molecule has 1 aliphatic rings. The summed E-state index contributed by atoms with van der Waals surface area (Å²) in [5.41, 5.74) is 1.82. The first-order chi connectivity index (χ1) is 15.4. The van der Waals surface area contributed by atoms with Crippen molar-refractivity contribution >= 4 is 50.7 Å². The second-order valence-corrected chi connectivity index (χ2v) is 9.93. The summed E-state index contributed by atoms with van der Waals surface area (Å²) in [5.74, 6) is 1.59. The minimum atomic E-state index is 0.0573. The van der Waals surface area contributed by atoms with Crippen LogP contribution in [0.15, 0.2) is 28.8 Å². The van der Waals surface area contributed by atoms with Crippen molar-refractivity contribution in [3.05, 3.63) is 62.2 Å². The molecule has 0 atom stereocenters. The number of halogens is 2. The summed E-state index contributed by atoms with van der Waals surface area (Å²) in [7, 11) is 0. The monoisotopic (exact) mass is 489 g/mol. The van der Waals surface area contributed by atoms with Gasteiger partial charge in [-0.25, -0.2) is 0 Å². The third-order valence-corrected chi connectivity index (χ3v) is 7.55. The number of aromatic nitrogens is 4. The smallest absolute Gasteiger partial charge is 0.264 e. The first kappa shape index (κ1) is 21.4. The second-order valence-electron chi connectivity index (χ2n) is 8.05. The molecule has 7 nitrogen and oxygen atoms in total. The lowest BCUT2D eigenvalue weighted by molar-refractivity contribution is 0.0709. The highest BCUT2D eigenvalue weighted by molar-refractivity contribution is 7.20. The number of carbonyl (C=O) groups excluding carboxylic acids is 1. The molecule has 166 valence electrons. The molecule has 0 spiro atoms. The summed E-state index contributed by atoms with van der Waals surface area (Å²) in [6.45, 7) is 5.64. The van der Waals surface area contributed by atoms with E-state index >= 15 is 0 Å². The lowest BCUT2D eigenvalue weighted by Gasteiger charge is -2.30. The molecule has 0 aliphatic carbocycles. The van der Waals surface area contributed by atoms with Crippen LogP contribution in [0.5, 0.6) is 0 Å². The maximum atomic E-state index is 13.2. The van der Waals surface area contributed by atoms with E-state index in [4.69, 9.17) is 27.7 Å². The minimum absolute atomic E-state index is 0.0573. The second kappa shape index (κ2) is 8.50. The summed E-state index contributed by atoms with van der Waals surface area (Å²) in [4.78, 5) is 21.2. The number of hydrogen-bond acceptors (Lipinski definition) is 6. The third-order valence-electron chi connectivity index (χ3n) is 5.83. The number of nitrogens with zero attached hydrogens (tertiary/aromatic N) is 5. The number of benzene rings is 1. The topological polar surface area (TPSA) is 77.0 Å². The number of amides is 1. The molecule has 0 bridgehead atoms. The van der Waals surface area contributed by atoms with Crippen LogP contribution in [0.1, 0.15) is 51.4 Å². The van der Waals surface area contributed by atoms with E-state index in [1.165, 1.54) is 11.3 Å². The van der Waals surface area contributed by atoms with Crippen LogP contribution in [0.3, 0.4) is 0 Å². The Hall–Kier alpha value is -2.42. The molecule has 32 heavy (non-hydrogen) atoms. The number of carbonyl (C=O) groups is 1. The number of likely N-dealkylation sites (tertiary alicyclic amines) is 1. The van der Waals surface area contributed by atoms with Gasteiger partial charge in [-0.3, -0.25) is 9.48 Å². The molecule has 0 saturated carbocycles. The minimum Gasteiger partial charge on any atom is -0.339 e. The lowest BCUT2D eigenvalue weighted by Crippen LogP contribution is -2.37. The molecule has 1 saturated heterocycles. The molecular weight excluding hydrogens is 469 g/mol. The van der Waals surface area contributed by atoms with Crippen LogP contribution >= 0.6 is 34.5 Å². The van der Waals surface area contributed by atoms with Crippen LogP contribution in [0.25, 0.3) is 10.2 Å². The number of thiophene rings is 1. The number of aryl methyl sites for hydroxylation is 2. The molecule has 1 aliphatic heterocycles. The van der Waals surface area contributed by atoms with E-state index in [0.29, 0.717) is 41.4 Å². The Labute approximate surface area is 198 Å². The van der Waals surface area contributed by atoms with Gasteiger partial charge in [-0.1, -0.05) is 34.4 Å². The van der Waals surface area contributed by atoms with E-state index in [1.54, 1.807) is 6.07 Å². The van der Waals surface area contributed by atoms with Crippen molar-refractivity contribution in [1.82, 2.24) is 24.8 Å². The van der Waals surface area contributed by atoms with E-state index in [9.17, 15) is 4.79 Å². The van der Waals surface area contributed by atoms with Crippen molar-refractivity contribution in [2.45, 2.75) is 39.2 Å². The summed E-state index contributed by atoms with van der Waals surface area (Å²) >= 11 is 13.8. The Bertz CT molecular complexity index is 1300. The quantitative estimate of drug-likeness (QED) is 0.379. The standard InChI is InChI=1S/C22H21Cl2N5O2S/c1-12-17-10-19(21(30)28-7-5-14(6-8-28)20-25-13(2)27-31-20)32-22(17)29(26-12)11-15-3-4-16(23)9-18(15)24/h3-4,9-10,14H,5-8,11H2,1-2H3. The molecule has 1 amide bonds. The van der Waals surface area contributed by atoms with Crippen LogP contribution < -0.4 is 0 Å². The molecule has 3 aromatic heterocycles. The Balaban J connectivity index is 1.34. The third kappa shape index (κ3) is 4.02. The fourth-order valence-corrected chi connectivity index (χ4v) is 5.70. The van der Waals surface area contributed by atoms with Gasteiger partial charge in [0.25, 0.3) is 5.91 Å². The zero-order chi connectivity index (χ0) is 22.4. The molecule has 5 rings (SSSR count). The molecule has 4 aromatic rings. The number of hydrogen-bond donors (Lipinski definition) is 0. The molecule has 1 fully saturated rings. The van der Waals surface area contributed by atoms with E-state index < -0.39 is 0 Å². The molecule has 0 unspecified atom stereocenters. The first-order valence-corrected chi connectivity index (χ1v) is 12.0. The largest absolute Gasteiger partial charge is 0.339 e. The first-order valence-electron chi connectivity index (χ1n) is 10.4. The summed E-state index contributed by atoms with van der Waals surface area (Å²) in [5, 5.41) is 10.7. The summed E-state index contributed by atoms with van der Waals surface area (Å²) in [6, 6.07) is 7.41. The highest BCUT2D eigenvalue weighted by Crippen LogP contribution is 2.33. The van der Waals surface area contributed by atoms with Crippen LogP contribution in [0, 0.1) is 13.8 Å². The number of fused-ring (bicyclic) bond motifs is 1. The number of rotatable bonds is 4. The van der Waals surface area contributed by atoms with Gasteiger partial charge in [-0.15, -0.1) is 11.3 Å². The highest BCUT2D eigenvalue weighted by Gasteiger charge is 2.29. The van der Waals surface area contributed by atoms with E-state index in [0.717, 1.165) is 39.2 Å². The van der Waals surface area contributed by atoms with Crippen molar-refractivity contribution in [2.24, 2.45) is 0 Å². The fraction of sp³-hybridized carbons (Fsp3) is 0.364. The van der Waals surface area contributed by atoms with Gasteiger partial charge in [0.05, 0.1) is 17.1 Å². The van der Waals surface area contributed by atoms with Gasteiger partial charge < -0.3 is 9.42 Å². The number of piperidine rings is 1. The summed E-state index contributed by atoms with van der Waals surface area (Å²) in [6.07, 6.45) is 1.64. The van der Waals surface area contributed by atoms with Crippen LogP contribution in [-0.2, 0) is 6.54 Å². The van der Waals surface area contributed by atoms with Crippen molar-refractivity contribution in [1.29, 1.82) is 0 Å². The highest BCUT2D eigenvalue weighted by atomic mass is 35.5. The molecule has 0 N–H and O–H groups in total. The van der Waals surface area contributed by atoms with Crippen molar-refractivity contribution in [2.75, 3.05) is 13.1 Å². The maximum absolute atomic E-state index is 13.2. The average molecular weight is 490 g/mol.